The highest BCUT2D eigenvalue weighted by Crippen LogP contribution is 2.40. The van der Waals surface area contributed by atoms with Crippen LogP contribution >= 0.6 is 23.4 Å². The maximum atomic E-state index is 6.33. The first kappa shape index (κ1) is 22.7. The fraction of sp³-hybridized carbons (Fsp3) is 0.269. The van der Waals surface area contributed by atoms with Crippen molar-refractivity contribution in [3.05, 3.63) is 71.4 Å². The lowest BCUT2D eigenvalue weighted by atomic mass is 10.1. The van der Waals surface area contributed by atoms with Crippen molar-refractivity contribution in [1.82, 2.24) is 15.2 Å². The van der Waals surface area contributed by atoms with Crippen molar-refractivity contribution >= 4 is 29.1 Å². The number of hydrogen-bond acceptors (Lipinski definition) is 7. The van der Waals surface area contributed by atoms with Crippen LogP contribution in [0.3, 0.4) is 0 Å². The predicted molar refractivity (Wildman–Crippen MR) is 136 cm³/mol. The van der Waals surface area contributed by atoms with Gasteiger partial charge < -0.3 is 14.5 Å². The zero-order valence-corrected chi connectivity index (χ0v) is 20.4. The minimum Gasteiger partial charge on any atom is -0.455 e. The summed E-state index contributed by atoms with van der Waals surface area (Å²) in [5.74, 6) is 2.78. The van der Waals surface area contributed by atoms with Crippen LogP contribution in [0.15, 0.2) is 70.2 Å². The molecule has 1 atom stereocenters. The topological polar surface area (TPSA) is 73.1 Å². The summed E-state index contributed by atoms with van der Waals surface area (Å²) in [4.78, 5) is 4.71. The molecule has 1 unspecified atom stereocenters. The van der Waals surface area contributed by atoms with E-state index in [1.165, 1.54) is 19.3 Å². The summed E-state index contributed by atoms with van der Waals surface area (Å²) in [6.07, 6.45) is 4.25. The number of anilines is 1. The minimum atomic E-state index is -0.567. The number of nitrogens with zero attached hydrogens (tertiary/aromatic N) is 3. The van der Waals surface area contributed by atoms with Gasteiger partial charge in [-0.05, 0) is 48.9 Å². The van der Waals surface area contributed by atoms with E-state index in [1.807, 2.05) is 60.7 Å². The molecule has 1 aliphatic heterocycles. The molecule has 0 spiro atoms. The van der Waals surface area contributed by atoms with Gasteiger partial charge in [0.05, 0.1) is 0 Å². The highest BCUT2D eigenvalue weighted by Gasteiger charge is 2.28. The van der Waals surface area contributed by atoms with Gasteiger partial charge in [0.2, 0.25) is 17.3 Å². The minimum absolute atomic E-state index is 0.443. The summed E-state index contributed by atoms with van der Waals surface area (Å²) in [5, 5.41) is 13.6. The number of para-hydroxylation sites is 1. The third kappa shape index (κ3) is 5.05. The predicted octanol–water partition coefficient (Wildman–Crippen LogP) is 7.63. The molecule has 8 heteroatoms. The third-order valence-corrected chi connectivity index (χ3v) is 6.75. The molecule has 2 aromatic carbocycles. The van der Waals surface area contributed by atoms with E-state index in [9.17, 15) is 0 Å². The Hall–Kier alpha value is -3.03. The second-order valence-corrected chi connectivity index (χ2v) is 9.55. The highest BCUT2D eigenvalue weighted by molar-refractivity contribution is 7.99. The lowest BCUT2D eigenvalue weighted by Gasteiger charge is -2.16. The van der Waals surface area contributed by atoms with Gasteiger partial charge in [-0.15, -0.1) is 10.2 Å². The van der Waals surface area contributed by atoms with Crippen LogP contribution in [0, 0.1) is 0 Å². The summed E-state index contributed by atoms with van der Waals surface area (Å²) in [6.45, 7) is 2.21. The van der Waals surface area contributed by atoms with E-state index < -0.39 is 6.23 Å². The first-order valence-corrected chi connectivity index (χ1v) is 12.8. The Morgan fingerprint density at radius 3 is 2.68 bits per heavy atom. The highest BCUT2D eigenvalue weighted by atomic mass is 35.5. The molecule has 3 heterocycles. The van der Waals surface area contributed by atoms with Crippen LogP contribution in [0.25, 0.3) is 22.6 Å². The average Bonchev–Trinajstić information content (AvgIpc) is 3.29. The zero-order chi connectivity index (χ0) is 23.3. The van der Waals surface area contributed by atoms with E-state index >= 15 is 0 Å². The number of aromatic nitrogens is 3. The van der Waals surface area contributed by atoms with Crippen LogP contribution in [0.2, 0.25) is 5.02 Å². The van der Waals surface area contributed by atoms with Gasteiger partial charge in [0.15, 0.2) is 11.5 Å². The smallest absolute Gasteiger partial charge is 0.247 e. The second-order valence-electron chi connectivity index (χ2n) is 8.05. The Morgan fingerprint density at radius 2 is 1.82 bits per heavy atom. The Kier molecular flexibility index (Phi) is 7.02. The molecular weight excluding hydrogens is 468 g/mol. The lowest BCUT2D eigenvalue weighted by Crippen LogP contribution is -2.16. The fourth-order valence-corrected chi connectivity index (χ4v) is 4.70. The van der Waals surface area contributed by atoms with Gasteiger partial charge in [-0.1, -0.05) is 67.7 Å². The molecule has 1 N–H and O–H groups in total. The van der Waals surface area contributed by atoms with Crippen molar-refractivity contribution in [2.24, 2.45) is 0 Å². The van der Waals surface area contributed by atoms with E-state index in [-0.39, 0.29) is 0 Å². The summed E-state index contributed by atoms with van der Waals surface area (Å²) < 4.78 is 12.5. The number of hydrogen-bond donors (Lipinski definition) is 1. The van der Waals surface area contributed by atoms with Gasteiger partial charge in [-0.3, -0.25) is 0 Å². The van der Waals surface area contributed by atoms with Crippen molar-refractivity contribution in [2.75, 3.05) is 11.1 Å². The largest absolute Gasteiger partial charge is 0.455 e. The van der Waals surface area contributed by atoms with Crippen molar-refractivity contribution in [2.45, 2.75) is 44.0 Å². The molecular formula is C26H25ClN4O2S. The summed E-state index contributed by atoms with van der Waals surface area (Å²) in [7, 11) is 0. The number of halogens is 1. The van der Waals surface area contributed by atoms with E-state index in [0.717, 1.165) is 34.7 Å². The van der Waals surface area contributed by atoms with Crippen LogP contribution in [0.4, 0.5) is 5.69 Å². The average molecular weight is 493 g/mol. The molecule has 1 aliphatic rings. The van der Waals surface area contributed by atoms with Crippen LogP contribution in [-0.4, -0.2) is 20.9 Å². The first-order valence-electron chi connectivity index (χ1n) is 11.5. The number of fused-ring (bicyclic) bond motifs is 3. The number of rotatable bonds is 8. The van der Waals surface area contributed by atoms with Crippen LogP contribution in [0.5, 0.6) is 5.88 Å². The van der Waals surface area contributed by atoms with Crippen molar-refractivity contribution in [3.63, 3.8) is 0 Å². The quantitative estimate of drug-likeness (QED) is 0.200. The third-order valence-electron chi connectivity index (χ3n) is 5.58. The number of ether oxygens (including phenoxy) is 1. The van der Waals surface area contributed by atoms with Gasteiger partial charge in [-0.2, -0.15) is 4.98 Å². The van der Waals surface area contributed by atoms with Gasteiger partial charge in [-0.25, -0.2) is 0 Å². The van der Waals surface area contributed by atoms with E-state index in [2.05, 4.69) is 22.4 Å². The number of nitrogens with one attached hydrogen (secondary N) is 1. The lowest BCUT2D eigenvalue weighted by molar-refractivity contribution is 0.196. The van der Waals surface area contributed by atoms with Crippen molar-refractivity contribution in [3.8, 4) is 28.5 Å². The fourth-order valence-electron chi connectivity index (χ4n) is 3.79. The van der Waals surface area contributed by atoms with Crippen molar-refractivity contribution < 1.29 is 9.15 Å². The molecule has 34 heavy (non-hydrogen) atoms. The maximum Gasteiger partial charge on any atom is 0.247 e. The zero-order valence-electron chi connectivity index (χ0n) is 18.8. The second kappa shape index (κ2) is 10.5. The SMILES string of the molecule is CCCCCCSc1nnc2c(n1)OC(c1ccc(-c3ccc(Cl)cc3)o1)Nc1ccccc1-2. The van der Waals surface area contributed by atoms with E-state index in [1.54, 1.807) is 11.8 Å². The van der Waals surface area contributed by atoms with Gasteiger partial charge in [0.1, 0.15) is 5.76 Å². The molecule has 0 aliphatic carbocycles. The van der Waals surface area contributed by atoms with Gasteiger partial charge in [0, 0.05) is 27.6 Å². The molecule has 0 saturated carbocycles. The number of furan rings is 1. The molecule has 0 radical (unpaired) electrons. The maximum absolute atomic E-state index is 6.33. The number of benzene rings is 2. The molecule has 0 fully saturated rings. The van der Waals surface area contributed by atoms with Crippen molar-refractivity contribution in [1.29, 1.82) is 0 Å². The molecule has 0 bridgehead atoms. The molecule has 6 nitrogen and oxygen atoms in total. The van der Waals surface area contributed by atoms with Gasteiger partial charge in [0.25, 0.3) is 0 Å². The standard InChI is InChI=1S/C26H25ClN4O2S/c1-2-3-4-7-16-34-26-29-25-23(30-31-26)19-8-5-6-9-20(19)28-24(33-25)22-15-14-21(32-22)17-10-12-18(27)13-11-17/h5-6,8-15,24,28H,2-4,7,16H2,1H3. The Balaban J connectivity index is 1.42. The van der Waals surface area contributed by atoms with E-state index in [4.69, 9.17) is 25.7 Å². The first-order chi connectivity index (χ1) is 16.7. The molecule has 0 saturated heterocycles. The molecule has 174 valence electrons. The molecule has 4 aromatic rings. The molecule has 5 rings (SSSR count). The summed E-state index contributed by atoms with van der Waals surface area (Å²) in [5.41, 5.74) is 3.33. The number of thioether (sulfide) groups is 1. The van der Waals surface area contributed by atoms with Gasteiger partial charge >= 0.3 is 0 Å². The summed E-state index contributed by atoms with van der Waals surface area (Å²) in [6, 6.07) is 19.3. The summed E-state index contributed by atoms with van der Waals surface area (Å²) >= 11 is 7.64. The van der Waals surface area contributed by atoms with Crippen LogP contribution < -0.4 is 10.1 Å². The molecule has 2 aromatic heterocycles. The normalized spacial score (nSPS) is 14.5. The van der Waals surface area contributed by atoms with Crippen LogP contribution in [-0.2, 0) is 0 Å². The monoisotopic (exact) mass is 492 g/mol. The Labute approximate surface area is 208 Å². The Bertz CT molecular complexity index is 1260. The van der Waals surface area contributed by atoms with Crippen LogP contribution in [0.1, 0.15) is 44.6 Å². The Morgan fingerprint density at radius 1 is 0.971 bits per heavy atom. The number of unbranched alkanes of at least 4 members (excludes halogenated alkanes) is 3. The van der Waals surface area contributed by atoms with E-state index in [0.29, 0.717) is 27.5 Å². The molecule has 0 amide bonds.